The normalized spacial score (nSPS) is 10.4. The van der Waals surface area contributed by atoms with E-state index in [0.29, 0.717) is 13.0 Å². The number of nitrogens with one attached hydrogen (secondary N) is 2. The van der Waals surface area contributed by atoms with Gasteiger partial charge in [0.2, 0.25) is 5.91 Å². The monoisotopic (exact) mass is 282 g/mol. The van der Waals surface area contributed by atoms with Gasteiger partial charge in [0.1, 0.15) is 0 Å². The average Bonchev–Trinajstić information content (AvgIpc) is 2.48. The molecular formula is C18H22N2O. The van der Waals surface area contributed by atoms with E-state index in [-0.39, 0.29) is 5.91 Å². The van der Waals surface area contributed by atoms with E-state index in [4.69, 9.17) is 0 Å². The van der Waals surface area contributed by atoms with Crippen molar-refractivity contribution in [1.82, 2.24) is 5.32 Å². The minimum absolute atomic E-state index is 0.0440. The molecule has 0 radical (unpaired) electrons. The Bertz CT molecular complexity index is 593. The van der Waals surface area contributed by atoms with Gasteiger partial charge in [-0.1, -0.05) is 48.0 Å². The highest BCUT2D eigenvalue weighted by Crippen LogP contribution is 2.15. The minimum Gasteiger partial charge on any atom is -0.326 e. The maximum absolute atomic E-state index is 11.9. The third-order valence-electron chi connectivity index (χ3n) is 3.36. The molecular weight excluding hydrogens is 260 g/mol. The first-order valence-electron chi connectivity index (χ1n) is 7.27. The molecule has 0 aliphatic carbocycles. The lowest BCUT2D eigenvalue weighted by Gasteiger charge is -2.09. The number of hydrogen-bond acceptors (Lipinski definition) is 2. The lowest BCUT2D eigenvalue weighted by molar-refractivity contribution is -0.116. The molecule has 2 rings (SSSR count). The number of carbonyl (C=O) groups is 1. The minimum atomic E-state index is 0.0440. The Kier molecular flexibility index (Phi) is 5.52. The van der Waals surface area contributed by atoms with Crippen molar-refractivity contribution in [3.63, 3.8) is 0 Å². The quantitative estimate of drug-likeness (QED) is 0.797. The number of hydrogen-bond donors (Lipinski definition) is 2. The van der Waals surface area contributed by atoms with Crippen LogP contribution in [0.3, 0.4) is 0 Å². The van der Waals surface area contributed by atoms with Crippen LogP contribution in [-0.4, -0.2) is 12.5 Å². The Hall–Kier alpha value is -2.13. The molecule has 0 heterocycles. The number of amides is 1. The summed E-state index contributed by atoms with van der Waals surface area (Å²) in [6.07, 6.45) is 0.472. The number of carbonyl (C=O) groups excluding carboxylic acids is 1. The molecule has 2 N–H and O–H groups in total. The zero-order chi connectivity index (χ0) is 15.1. The lowest BCUT2D eigenvalue weighted by atomic mass is 10.1. The highest BCUT2D eigenvalue weighted by Gasteiger charge is 2.04. The summed E-state index contributed by atoms with van der Waals surface area (Å²) in [5.74, 6) is 0.0440. The van der Waals surface area contributed by atoms with E-state index in [1.165, 1.54) is 11.1 Å². The van der Waals surface area contributed by atoms with Gasteiger partial charge in [0.05, 0.1) is 0 Å². The number of anilines is 1. The van der Waals surface area contributed by atoms with Gasteiger partial charge < -0.3 is 10.6 Å². The third kappa shape index (κ3) is 5.04. The summed E-state index contributed by atoms with van der Waals surface area (Å²) in [6.45, 7) is 5.52. The predicted molar refractivity (Wildman–Crippen MR) is 87.3 cm³/mol. The Labute approximate surface area is 126 Å². The van der Waals surface area contributed by atoms with Gasteiger partial charge in [-0.25, -0.2) is 0 Å². The van der Waals surface area contributed by atoms with Crippen LogP contribution in [0.15, 0.2) is 48.5 Å². The molecule has 0 saturated carbocycles. The summed E-state index contributed by atoms with van der Waals surface area (Å²) in [5.41, 5.74) is 4.43. The zero-order valence-electron chi connectivity index (χ0n) is 12.6. The standard InChI is InChI=1S/C18H22N2O/c1-14-8-9-17(15(2)12-14)20-18(21)10-11-19-13-16-6-4-3-5-7-16/h3-9,12,19H,10-11,13H2,1-2H3,(H,20,21). The molecule has 2 aromatic rings. The smallest absolute Gasteiger partial charge is 0.225 e. The molecule has 21 heavy (non-hydrogen) atoms. The molecule has 2 aromatic carbocycles. The van der Waals surface area contributed by atoms with Gasteiger partial charge in [-0.2, -0.15) is 0 Å². The average molecular weight is 282 g/mol. The molecule has 0 spiro atoms. The molecule has 0 aliphatic heterocycles. The van der Waals surface area contributed by atoms with Gasteiger partial charge in [-0.05, 0) is 31.0 Å². The second kappa shape index (κ2) is 7.60. The van der Waals surface area contributed by atoms with Crippen molar-refractivity contribution < 1.29 is 4.79 Å². The molecule has 0 aliphatic rings. The molecule has 1 amide bonds. The zero-order valence-corrected chi connectivity index (χ0v) is 12.6. The van der Waals surface area contributed by atoms with Crippen LogP contribution in [0.1, 0.15) is 23.1 Å². The van der Waals surface area contributed by atoms with Crippen LogP contribution in [0.5, 0.6) is 0 Å². The molecule has 0 bridgehead atoms. The van der Waals surface area contributed by atoms with Crippen molar-refractivity contribution in [2.45, 2.75) is 26.8 Å². The van der Waals surface area contributed by atoms with Crippen LogP contribution in [0.2, 0.25) is 0 Å². The van der Waals surface area contributed by atoms with Crippen molar-refractivity contribution in [3.8, 4) is 0 Å². The molecule has 0 unspecified atom stereocenters. The Morgan fingerprint density at radius 2 is 1.81 bits per heavy atom. The van der Waals surface area contributed by atoms with Gasteiger partial charge >= 0.3 is 0 Å². The topological polar surface area (TPSA) is 41.1 Å². The molecule has 3 nitrogen and oxygen atoms in total. The first-order chi connectivity index (χ1) is 10.1. The van der Waals surface area contributed by atoms with Crippen LogP contribution in [0.4, 0.5) is 5.69 Å². The largest absolute Gasteiger partial charge is 0.326 e. The van der Waals surface area contributed by atoms with Crippen LogP contribution >= 0.6 is 0 Å². The fourth-order valence-corrected chi connectivity index (χ4v) is 2.20. The summed E-state index contributed by atoms with van der Waals surface area (Å²) in [7, 11) is 0. The van der Waals surface area contributed by atoms with Crippen LogP contribution in [0, 0.1) is 13.8 Å². The third-order valence-corrected chi connectivity index (χ3v) is 3.36. The van der Waals surface area contributed by atoms with Gasteiger partial charge in [-0.3, -0.25) is 4.79 Å². The van der Waals surface area contributed by atoms with Gasteiger partial charge in [0.25, 0.3) is 0 Å². The Morgan fingerprint density at radius 3 is 2.52 bits per heavy atom. The molecule has 3 heteroatoms. The molecule has 0 atom stereocenters. The summed E-state index contributed by atoms with van der Waals surface area (Å²) in [4.78, 5) is 11.9. The predicted octanol–water partition coefficient (Wildman–Crippen LogP) is 3.42. The first kappa shape index (κ1) is 15.3. The van der Waals surface area contributed by atoms with E-state index in [2.05, 4.69) is 28.8 Å². The van der Waals surface area contributed by atoms with Crippen LogP contribution in [-0.2, 0) is 11.3 Å². The fraction of sp³-hybridized carbons (Fsp3) is 0.278. The van der Waals surface area contributed by atoms with E-state index >= 15 is 0 Å². The second-order valence-corrected chi connectivity index (χ2v) is 5.28. The highest BCUT2D eigenvalue weighted by molar-refractivity contribution is 5.91. The van der Waals surface area contributed by atoms with Crippen molar-refractivity contribution in [1.29, 1.82) is 0 Å². The summed E-state index contributed by atoms with van der Waals surface area (Å²) >= 11 is 0. The van der Waals surface area contributed by atoms with E-state index in [1.54, 1.807) is 0 Å². The molecule has 0 fully saturated rings. The molecule has 110 valence electrons. The van der Waals surface area contributed by atoms with E-state index in [9.17, 15) is 4.79 Å². The van der Waals surface area contributed by atoms with E-state index in [0.717, 1.165) is 17.8 Å². The van der Waals surface area contributed by atoms with E-state index in [1.807, 2.05) is 44.2 Å². The van der Waals surface area contributed by atoms with Crippen molar-refractivity contribution in [2.24, 2.45) is 0 Å². The maximum Gasteiger partial charge on any atom is 0.225 e. The van der Waals surface area contributed by atoms with E-state index < -0.39 is 0 Å². The van der Waals surface area contributed by atoms with Gasteiger partial charge in [-0.15, -0.1) is 0 Å². The lowest BCUT2D eigenvalue weighted by Crippen LogP contribution is -2.21. The Morgan fingerprint density at radius 1 is 1.05 bits per heavy atom. The van der Waals surface area contributed by atoms with Crippen LogP contribution in [0.25, 0.3) is 0 Å². The highest BCUT2D eigenvalue weighted by atomic mass is 16.1. The number of aryl methyl sites for hydroxylation is 2. The number of benzene rings is 2. The summed E-state index contributed by atoms with van der Waals surface area (Å²) in [5, 5.41) is 6.24. The van der Waals surface area contributed by atoms with Gasteiger partial charge in [0, 0.05) is 25.2 Å². The van der Waals surface area contributed by atoms with Crippen molar-refractivity contribution in [3.05, 3.63) is 65.2 Å². The fourth-order valence-electron chi connectivity index (χ4n) is 2.20. The summed E-state index contributed by atoms with van der Waals surface area (Å²) < 4.78 is 0. The van der Waals surface area contributed by atoms with Crippen LogP contribution < -0.4 is 10.6 Å². The molecule has 0 saturated heterocycles. The Balaban J connectivity index is 1.72. The van der Waals surface area contributed by atoms with Crippen molar-refractivity contribution in [2.75, 3.05) is 11.9 Å². The second-order valence-electron chi connectivity index (χ2n) is 5.28. The number of rotatable bonds is 6. The van der Waals surface area contributed by atoms with Crippen molar-refractivity contribution >= 4 is 11.6 Å². The first-order valence-corrected chi connectivity index (χ1v) is 7.27. The SMILES string of the molecule is Cc1ccc(NC(=O)CCNCc2ccccc2)c(C)c1. The van der Waals surface area contributed by atoms with Gasteiger partial charge in [0.15, 0.2) is 0 Å². The maximum atomic E-state index is 11.9. The summed E-state index contributed by atoms with van der Waals surface area (Å²) in [6, 6.07) is 16.2. The molecule has 0 aromatic heterocycles.